The Morgan fingerprint density at radius 3 is 2.77 bits per heavy atom. The highest BCUT2D eigenvalue weighted by Gasteiger charge is 2.25. The Bertz CT molecular complexity index is 815. The van der Waals surface area contributed by atoms with Crippen molar-refractivity contribution < 1.29 is 14.3 Å². The minimum Gasteiger partial charge on any atom is -0.495 e. The number of carbonyl (C=O) groups is 2. The molecule has 1 aliphatic rings. The van der Waals surface area contributed by atoms with E-state index in [0.29, 0.717) is 23.7 Å². The number of hydrogen-bond acceptors (Lipinski definition) is 4. The molecular formula is C19H24N4O3. The van der Waals surface area contributed by atoms with E-state index in [2.05, 4.69) is 39.3 Å². The first-order chi connectivity index (χ1) is 12.5. The van der Waals surface area contributed by atoms with Gasteiger partial charge in [0.05, 0.1) is 19.3 Å². The normalized spacial score (nSPS) is 16.7. The van der Waals surface area contributed by atoms with Crippen LogP contribution in [0.4, 0.5) is 11.4 Å². The molecule has 7 nitrogen and oxygen atoms in total. The third kappa shape index (κ3) is 3.88. The summed E-state index contributed by atoms with van der Waals surface area (Å²) in [6, 6.07) is 9.46. The van der Waals surface area contributed by atoms with Crippen LogP contribution in [-0.4, -0.2) is 41.5 Å². The van der Waals surface area contributed by atoms with Crippen LogP contribution in [0.2, 0.25) is 0 Å². The summed E-state index contributed by atoms with van der Waals surface area (Å²) >= 11 is 0. The first kappa shape index (κ1) is 18.0. The van der Waals surface area contributed by atoms with Crippen LogP contribution in [0.3, 0.4) is 0 Å². The summed E-state index contributed by atoms with van der Waals surface area (Å²) in [6.07, 6.45) is 2.07. The highest BCUT2D eigenvalue weighted by atomic mass is 16.5. The van der Waals surface area contributed by atoms with E-state index >= 15 is 0 Å². The summed E-state index contributed by atoms with van der Waals surface area (Å²) in [6.45, 7) is 5.53. The van der Waals surface area contributed by atoms with E-state index in [1.807, 2.05) is 6.07 Å². The van der Waals surface area contributed by atoms with Crippen LogP contribution in [0, 0.1) is 0 Å². The number of nitrogens with one attached hydrogen (secondary N) is 2. The number of aromatic nitrogens is 1. The van der Waals surface area contributed by atoms with Crippen LogP contribution < -0.4 is 15.4 Å². The maximum Gasteiger partial charge on any atom is 0.238 e. The van der Waals surface area contributed by atoms with Gasteiger partial charge in [0.15, 0.2) is 0 Å². The molecule has 0 fully saturated rings. The average Bonchev–Trinajstić information content (AvgIpc) is 3.06. The summed E-state index contributed by atoms with van der Waals surface area (Å²) in [5.74, 6) is 0.265. The predicted molar refractivity (Wildman–Crippen MR) is 100 cm³/mol. The second-order valence-corrected chi connectivity index (χ2v) is 6.42. The van der Waals surface area contributed by atoms with E-state index < -0.39 is 0 Å². The molecular weight excluding hydrogens is 332 g/mol. The molecule has 0 aliphatic carbocycles. The highest BCUT2D eigenvalue weighted by molar-refractivity contribution is 5.95. The minimum absolute atomic E-state index is 0.116. The van der Waals surface area contributed by atoms with Crippen LogP contribution in [-0.2, 0) is 16.1 Å². The third-order valence-electron chi connectivity index (χ3n) is 4.61. The van der Waals surface area contributed by atoms with E-state index in [0.717, 1.165) is 13.1 Å². The van der Waals surface area contributed by atoms with Crippen LogP contribution in [0.1, 0.15) is 25.6 Å². The van der Waals surface area contributed by atoms with Gasteiger partial charge in [-0.3, -0.25) is 14.5 Å². The molecule has 1 atom stereocenters. The van der Waals surface area contributed by atoms with Crippen molar-refractivity contribution in [2.24, 2.45) is 0 Å². The molecule has 0 saturated carbocycles. The number of ether oxygens (including phenoxy) is 1. The van der Waals surface area contributed by atoms with Gasteiger partial charge in [0, 0.05) is 43.6 Å². The van der Waals surface area contributed by atoms with E-state index in [4.69, 9.17) is 4.74 Å². The van der Waals surface area contributed by atoms with Crippen LogP contribution in [0.15, 0.2) is 36.5 Å². The first-order valence-electron chi connectivity index (χ1n) is 8.62. The van der Waals surface area contributed by atoms with E-state index in [1.54, 1.807) is 25.3 Å². The Hall–Kier alpha value is -2.80. The van der Waals surface area contributed by atoms with Crippen LogP contribution >= 0.6 is 0 Å². The molecule has 0 spiro atoms. The molecule has 2 amide bonds. The van der Waals surface area contributed by atoms with Gasteiger partial charge >= 0.3 is 0 Å². The quantitative estimate of drug-likeness (QED) is 0.863. The number of fused-ring (bicyclic) bond motifs is 1. The topological polar surface area (TPSA) is 75.6 Å². The smallest absolute Gasteiger partial charge is 0.238 e. The Balaban J connectivity index is 1.69. The lowest BCUT2D eigenvalue weighted by atomic mass is 10.1. The molecule has 2 heterocycles. The van der Waals surface area contributed by atoms with Gasteiger partial charge in [-0.25, -0.2) is 0 Å². The summed E-state index contributed by atoms with van der Waals surface area (Å²) in [5.41, 5.74) is 2.36. The van der Waals surface area contributed by atoms with Crippen molar-refractivity contribution in [2.75, 3.05) is 30.8 Å². The predicted octanol–water partition coefficient (Wildman–Crippen LogP) is 2.47. The standard InChI is InChI=1S/C19H24N4O3/c1-13-17-5-4-8-22(17)9-10-23(13)12-19(25)21-16-11-15(20-14(2)24)6-7-18(16)26-3/h4-8,11,13H,9-10,12H2,1-3H3,(H,20,24)(H,21,25). The molecule has 7 heteroatoms. The number of benzene rings is 1. The van der Waals surface area contributed by atoms with Gasteiger partial charge in [0.25, 0.3) is 0 Å². The van der Waals surface area contributed by atoms with Gasteiger partial charge in [-0.05, 0) is 37.3 Å². The Labute approximate surface area is 152 Å². The monoisotopic (exact) mass is 356 g/mol. The summed E-state index contributed by atoms with van der Waals surface area (Å²) < 4.78 is 7.53. The van der Waals surface area contributed by atoms with E-state index in [9.17, 15) is 9.59 Å². The summed E-state index contributed by atoms with van der Waals surface area (Å²) in [4.78, 5) is 26.0. The second kappa shape index (κ2) is 7.61. The fourth-order valence-electron chi connectivity index (χ4n) is 3.30. The fourth-order valence-corrected chi connectivity index (χ4v) is 3.30. The molecule has 1 unspecified atom stereocenters. The van der Waals surface area contributed by atoms with Gasteiger partial charge in [0.1, 0.15) is 5.75 Å². The van der Waals surface area contributed by atoms with Crippen molar-refractivity contribution in [1.82, 2.24) is 9.47 Å². The molecule has 138 valence electrons. The van der Waals surface area contributed by atoms with Gasteiger partial charge in [-0.15, -0.1) is 0 Å². The molecule has 0 radical (unpaired) electrons. The van der Waals surface area contributed by atoms with Crippen molar-refractivity contribution in [2.45, 2.75) is 26.4 Å². The molecule has 2 aromatic rings. The zero-order valence-electron chi connectivity index (χ0n) is 15.3. The van der Waals surface area contributed by atoms with Crippen molar-refractivity contribution in [3.05, 3.63) is 42.2 Å². The largest absolute Gasteiger partial charge is 0.495 e. The SMILES string of the molecule is COc1ccc(NC(C)=O)cc1NC(=O)CN1CCn2cccc2C1C. The molecule has 26 heavy (non-hydrogen) atoms. The highest BCUT2D eigenvalue weighted by Crippen LogP contribution is 2.29. The fraction of sp³-hybridized carbons (Fsp3) is 0.368. The van der Waals surface area contributed by atoms with Crippen LogP contribution in [0.5, 0.6) is 5.75 Å². The molecule has 0 bridgehead atoms. The molecule has 3 rings (SSSR count). The number of amides is 2. The van der Waals surface area contributed by atoms with E-state index in [1.165, 1.54) is 12.6 Å². The van der Waals surface area contributed by atoms with Gasteiger partial charge in [-0.1, -0.05) is 0 Å². The Kier molecular flexibility index (Phi) is 5.27. The molecule has 1 aromatic heterocycles. The molecule has 1 aliphatic heterocycles. The Morgan fingerprint density at radius 1 is 1.23 bits per heavy atom. The Morgan fingerprint density at radius 2 is 2.04 bits per heavy atom. The summed E-state index contributed by atoms with van der Waals surface area (Å²) in [5, 5.41) is 5.60. The number of nitrogens with zero attached hydrogens (tertiary/aromatic N) is 2. The minimum atomic E-state index is -0.169. The number of rotatable bonds is 5. The lowest BCUT2D eigenvalue weighted by molar-refractivity contribution is -0.118. The molecule has 1 aromatic carbocycles. The van der Waals surface area contributed by atoms with Crippen molar-refractivity contribution in [1.29, 1.82) is 0 Å². The first-order valence-corrected chi connectivity index (χ1v) is 8.62. The third-order valence-corrected chi connectivity index (χ3v) is 4.61. The maximum absolute atomic E-state index is 12.6. The summed E-state index contributed by atoms with van der Waals surface area (Å²) in [7, 11) is 1.55. The van der Waals surface area contributed by atoms with Crippen molar-refractivity contribution in [3.8, 4) is 5.75 Å². The number of carbonyl (C=O) groups excluding carboxylic acids is 2. The van der Waals surface area contributed by atoms with Crippen molar-refractivity contribution in [3.63, 3.8) is 0 Å². The zero-order valence-corrected chi connectivity index (χ0v) is 15.3. The average molecular weight is 356 g/mol. The van der Waals surface area contributed by atoms with Crippen molar-refractivity contribution >= 4 is 23.2 Å². The maximum atomic E-state index is 12.6. The number of methoxy groups -OCH3 is 1. The molecule has 0 saturated heterocycles. The molecule has 2 N–H and O–H groups in total. The second-order valence-electron chi connectivity index (χ2n) is 6.42. The van der Waals surface area contributed by atoms with Gasteiger partial charge in [-0.2, -0.15) is 0 Å². The lowest BCUT2D eigenvalue weighted by Crippen LogP contribution is -2.41. The lowest BCUT2D eigenvalue weighted by Gasteiger charge is -2.34. The van der Waals surface area contributed by atoms with Gasteiger partial charge in [0.2, 0.25) is 11.8 Å². The number of hydrogen-bond donors (Lipinski definition) is 2. The van der Waals surface area contributed by atoms with E-state index in [-0.39, 0.29) is 17.9 Å². The van der Waals surface area contributed by atoms with Crippen LogP contribution in [0.25, 0.3) is 0 Å². The van der Waals surface area contributed by atoms with Gasteiger partial charge < -0.3 is 19.9 Å². The number of anilines is 2. The zero-order chi connectivity index (χ0) is 18.7.